The molecule has 2 aliphatic rings. The Balaban J connectivity index is 1.64. The SMILES string of the molecule is COc1cccc(S(=O)(=O)N2CCC3C(CN3CCC(C)C)C2)c1. The third-order valence-corrected chi connectivity index (χ3v) is 7.13. The van der Waals surface area contributed by atoms with E-state index in [0.717, 1.165) is 25.4 Å². The molecule has 0 aromatic heterocycles. The molecule has 134 valence electrons. The molecule has 2 aliphatic heterocycles. The number of hydrogen-bond acceptors (Lipinski definition) is 4. The van der Waals surface area contributed by atoms with E-state index in [1.54, 1.807) is 35.7 Å². The standard InChI is InChI=1S/C18H28N2O3S/c1-14(2)7-9-19-12-15-13-20(10-8-18(15)19)24(21,22)17-6-4-5-16(11-17)23-3/h4-6,11,14-15,18H,7-10,12-13H2,1-3H3. The first-order valence-corrected chi connectivity index (χ1v) is 10.2. The third-order valence-electron chi connectivity index (χ3n) is 5.27. The van der Waals surface area contributed by atoms with Crippen LogP contribution < -0.4 is 4.74 Å². The molecule has 1 aromatic rings. The molecule has 1 aromatic carbocycles. The highest BCUT2D eigenvalue weighted by molar-refractivity contribution is 7.89. The zero-order valence-corrected chi connectivity index (χ0v) is 15.6. The fraction of sp³-hybridized carbons (Fsp3) is 0.667. The molecule has 2 atom stereocenters. The number of likely N-dealkylation sites (tertiary alicyclic amines) is 1. The summed E-state index contributed by atoms with van der Waals surface area (Å²) < 4.78 is 32.6. The van der Waals surface area contributed by atoms with Crippen molar-refractivity contribution in [2.24, 2.45) is 11.8 Å². The second-order valence-corrected chi connectivity index (χ2v) is 9.27. The van der Waals surface area contributed by atoms with E-state index in [0.29, 0.717) is 35.7 Å². The van der Waals surface area contributed by atoms with Crippen LogP contribution in [0.15, 0.2) is 29.2 Å². The van der Waals surface area contributed by atoms with Crippen molar-refractivity contribution in [3.05, 3.63) is 24.3 Å². The summed E-state index contributed by atoms with van der Waals surface area (Å²) in [6.45, 7) is 7.92. The minimum absolute atomic E-state index is 0.330. The van der Waals surface area contributed by atoms with Crippen LogP contribution >= 0.6 is 0 Å². The highest BCUT2D eigenvalue weighted by atomic mass is 32.2. The van der Waals surface area contributed by atoms with Gasteiger partial charge in [-0.1, -0.05) is 19.9 Å². The second-order valence-electron chi connectivity index (χ2n) is 7.34. The number of methoxy groups -OCH3 is 1. The first-order chi connectivity index (χ1) is 11.4. The Kier molecular flexibility index (Phi) is 5.18. The largest absolute Gasteiger partial charge is 0.497 e. The fourth-order valence-corrected chi connectivity index (χ4v) is 5.30. The van der Waals surface area contributed by atoms with Crippen molar-refractivity contribution in [3.8, 4) is 5.75 Å². The van der Waals surface area contributed by atoms with E-state index in [9.17, 15) is 8.42 Å². The first-order valence-electron chi connectivity index (χ1n) is 8.80. The number of benzene rings is 1. The van der Waals surface area contributed by atoms with Crippen molar-refractivity contribution in [1.82, 2.24) is 9.21 Å². The highest BCUT2D eigenvalue weighted by Crippen LogP contribution is 2.35. The Morgan fingerprint density at radius 1 is 1.29 bits per heavy atom. The van der Waals surface area contributed by atoms with Crippen LogP contribution in [0, 0.1) is 11.8 Å². The average Bonchev–Trinajstić information content (AvgIpc) is 2.55. The zero-order valence-electron chi connectivity index (χ0n) is 14.8. The molecule has 2 heterocycles. The number of sulfonamides is 1. The molecular formula is C18H28N2O3S. The number of fused-ring (bicyclic) bond motifs is 1. The third kappa shape index (κ3) is 3.46. The van der Waals surface area contributed by atoms with Gasteiger partial charge in [-0.15, -0.1) is 0 Å². The fourth-order valence-electron chi connectivity index (χ4n) is 3.76. The summed E-state index contributed by atoms with van der Waals surface area (Å²) in [6, 6.07) is 7.33. The van der Waals surface area contributed by atoms with Crippen LogP contribution in [-0.4, -0.2) is 57.0 Å². The maximum Gasteiger partial charge on any atom is 0.243 e. The Hall–Kier alpha value is -1.11. The monoisotopic (exact) mass is 352 g/mol. The Morgan fingerprint density at radius 2 is 2.08 bits per heavy atom. The van der Waals surface area contributed by atoms with Crippen LogP contribution in [0.1, 0.15) is 26.7 Å². The lowest BCUT2D eigenvalue weighted by Crippen LogP contribution is -2.64. The van der Waals surface area contributed by atoms with Gasteiger partial charge in [0, 0.05) is 37.7 Å². The lowest BCUT2D eigenvalue weighted by Gasteiger charge is -2.53. The number of hydrogen-bond donors (Lipinski definition) is 0. The van der Waals surface area contributed by atoms with Crippen LogP contribution in [0.2, 0.25) is 0 Å². The van der Waals surface area contributed by atoms with Gasteiger partial charge in [-0.05, 0) is 37.4 Å². The van der Waals surface area contributed by atoms with Crippen molar-refractivity contribution in [3.63, 3.8) is 0 Å². The zero-order chi connectivity index (χ0) is 17.3. The molecule has 0 radical (unpaired) electrons. The topological polar surface area (TPSA) is 49.9 Å². The van der Waals surface area contributed by atoms with Crippen molar-refractivity contribution in [2.75, 3.05) is 33.3 Å². The molecule has 0 amide bonds. The lowest BCUT2D eigenvalue weighted by molar-refractivity contribution is -0.0266. The van der Waals surface area contributed by atoms with E-state index in [4.69, 9.17) is 4.74 Å². The summed E-state index contributed by atoms with van der Waals surface area (Å²) in [5.74, 6) is 1.78. The minimum atomic E-state index is -3.43. The van der Waals surface area contributed by atoms with Crippen LogP contribution in [-0.2, 0) is 10.0 Å². The Morgan fingerprint density at radius 3 is 2.75 bits per heavy atom. The molecule has 24 heavy (non-hydrogen) atoms. The van der Waals surface area contributed by atoms with Gasteiger partial charge in [0.1, 0.15) is 5.75 Å². The van der Waals surface area contributed by atoms with Crippen molar-refractivity contribution in [2.45, 2.75) is 37.6 Å². The number of nitrogens with zero attached hydrogens (tertiary/aromatic N) is 2. The van der Waals surface area contributed by atoms with Crippen molar-refractivity contribution >= 4 is 10.0 Å². The summed E-state index contributed by atoms with van der Waals surface area (Å²) in [5, 5.41) is 0. The smallest absolute Gasteiger partial charge is 0.243 e. The van der Waals surface area contributed by atoms with Gasteiger partial charge >= 0.3 is 0 Å². The summed E-state index contributed by atoms with van der Waals surface area (Å²) in [7, 11) is -1.87. The quantitative estimate of drug-likeness (QED) is 0.789. The second kappa shape index (κ2) is 7.02. The maximum absolute atomic E-state index is 12.9. The molecule has 0 aliphatic carbocycles. The summed E-state index contributed by atoms with van der Waals surface area (Å²) >= 11 is 0. The molecule has 3 rings (SSSR count). The molecule has 2 fully saturated rings. The van der Waals surface area contributed by atoms with Crippen LogP contribution in [0.3, 0.4) is 0 Å². The van der Waals surface area contributed by atoms with E-state index >= 15 is 0 Å². The van der Waals surface area contributed by atoms with Gasteiger partial charge in [-0.3, -0.25) is 4.90 Å². The Bertz CT molecular complexity index is 675. The molecule has 2 unspecified atom stereocenters. The molecule has 6 heteroatoms. The highest BCUT2D eigenvalue weighted by Gasteiger charge is 2.44. The Labute approximate surface area is 145 Å². The van der Waals surface area contributed by atoms with E-state index < -0.39 is 10.0 Å². The molecule has 0 spiro atoms. The van der Waals surface area contributed by atoms with Crippen molar-refractivity contribution < 1.29 is 13.2 Å². The number of ether oxygens (including phenoxy) is 1. The number of piperidine rings is 1. The normalized spacial score (nSPS) is 25.3. The molecule has 0 N–H and O–H groups in total. The van der Waals surface area contributed by atoms with Gasteiger partial charge in [0.15, 0.2) is 0 Å². The van der Waals surface area contributed by atoms with Gasteiger partial charge in [0.2, 0.25) is 10.0 Å². The van der Waals surface area contributed by atoms with E-state index in [1.807, 2.05) is 0 Å². The van der Waals surface area contributed by atoms with E-state index in [1.165, 1.54) is 6.42 Å². The molecular weight excluding hydrogens is 324 g/mol. The molecule has 0 saturated carbocycles. The molecule has 2 saturated heterocycles. The maximum atomic E-state index is 12.9. The summed E-state index contributed by atoms with van der Waals surface area (Å²) in [6.07, 6.45) is 2.15. The number of rotatable bonds is 6. The predicted octanol–water partition coefficient (Wildman–Crippen LogP) is 2.44. The lowest BCUT2D eigenvalue weighted by atomic mass is 9.83. The first kappa shape index (κ1) is 17.7. The van der Waals surface area contributed by atoms with Crippen LogP contribution in [0.25, 0.3) is 0 Å². The minimum Gasteiger partial charge on any atom is -0.497 e. The van der Waals surface area contributed by atoms with Gasteiger partial charge in [0.25, 0.3) is 0 Å². The van der Waals surface area contributed by atoms with Gasteiger partial charge < -0.3 is 4.74 Å². The molecule has 5 nitrogen and oxygen atoms in total. The molecule has 0 bridgehead atoms. The predicted molar refractivity (Wildman–Crippen MR) is 94.7 cm³/mol. The van der Waals surface area contributed by atoms with Gasteiger partial charge in [-0.25, -0.2) is 8.42 Å². The van der Waals surface area contributed by atoms with Crippen LogP contribution in [0.5, 0.6) is 5.75 Å². The van der Waals surface area contributed by atoms with Crippen molar-refractivity contribution in [1.29, 1.82) is 0 Å². The van der Waals surface area contributed by atoms with Gasteiger partial charge in [-0.2, -0.15) is 4.31 Å². The summed E-state index contributed by atoms with van der Waals surface area (Å²) in [5.41, 5.74) is 0. The summed E-state index contributed by atoms with van der Waals surface area (Å²) in [4.78, 5) is 2.86. The van der Waals surface area contributed by atoms with Gasteiger partial charge in [0.05, 0.1) is 12.0 Å². The average molecular weight is 353 g/mol. The van der Waals surface area contributed by atoms with Crippen LogP contribution in [0.4, 0.5) is 0 Å². The van der Waals surface area contributed by atoms with E-state index in [2.05, 4.69) is 18.7 Å². The van der Waals surface area contributed by atoms with E-state index in [-0.39, 0.29) is 0 Å².